The summed E-state index contributed by atoms with van der Waals surface area (Å²) in [5.41, 5.74) is 2.40. The van der Waals surface area contributed by atoms with Crippen molar-refractivity contribution in [3.8, 4) is 5.75 Å². The summed E-state index contributed by atoms with van der Waals surface area (Å²) < 4.78 is 12.4. The average molecular weight is 522 g/mol. The number of hydrogen-bond donors (Lipinski definition) is 3. The number of benzene rings is 2. The zero-order valence-electron chi connectivity index (χ0n) is 23.0. The SMILES string of the molecule is CC.CCN(CCOC)SCCC(=O)NCC(O)CNCc1cccc(OC)c1.Cc1ccccc1. The van der Waals surface area contributed by atoms with E-state index in [4.69, 9.17) is 9.47 Å². The van der Waals surface area contributed by atoms with E-state index < -0.39 is 6.10 Å². The van der Waals surface area contributed by atoms with Gasteiger partial charge in [-0.2, -0.15) is 0 Å². The molecule has 0 aromatic heterocycles. The van der Waals surface area contributed by atoms with Crippen molar-refractivity contribution in [3.63, 3.8) is 0 Å². The van der Waals surface area contributed by atoms with Crippen molar-refractivity contribution in [2.24, 2.45) is 0 Å². The highest BCUT2D eigenvalue weighted by Crippen LogP contribution is 2.12. The molecular weight excluding hydrogens is 474 g/mol. The van der Waals surface area contributed by atoms with Crippen molar-refractivity contribution in [1.82, 2.24) is 14.9 Å². The van der Waals surface area contributed by atoms with Gasteiger partial charge in [-0.05, 0) is 24.6 Å². The van der Waals surface area contributed by atoms with Crippen LogP contribution in [0.4, 0.5) is 0 Å². The molecule has 1 atom stereocenters. The molecule has 1 amide bonds. The van der Waals surface area contributed by atoms with Crippen molar-refractivity contribution in [3.05, 3.63) is 65.7 Å². The van der Waals surface area contributed by atoms with E-state index in [2.05, 4.69) is 40.9 Å². The predicted molar refractivity (Wildman–Crippen MR) is 152 cm³/mol. The van der Waals surface area contributed by atoms with Gasteiger partial charge in [-0.25, -0.2) is 4.31 Å². The molecule has 0 aliphatic carbocycles. The largest absolute Gasteiger partial charge is 0.497 e. The van der Waals surface area contributed by atoms with Gasteiger partial charge in [-0.1, -0.05) is 80.7 Å². The third kappa shape index (κ3) is 18.2. The molecule has 8 heteroatoms. The smallest absolute Gasteiger partial charge is 0.220 e. The lowest BCUT2D eigenvalue weighted by molar-refractivity contribution is -0.121. The van der Waals surface area contributed by atoms with Crippen LogP contribution in [0.15, 0.2) is 54.6 Å². The molecular formula is C28H47N3O4S. The Kier molecular flexibility index (Phi) is 21.9. The second-order valence-corrected chi connectivity index (χ2v) is 8.88. The first kappa shape index (κ1) is 33.9. The first-order valence-corrected chi connectivity index (χ1v) is 13.6. The van der Waals surface area contributed by atoms with Gasteiger partial charge in [0, 0.05) is 52.0 Å². The highest BCUT2D eigenvalue weighted by atomic mass is 32.2. The number of nitrogens with one attached hydrogen (secondary N) is 2. The first-order chi connectivity index (χ1) is 17.5. The van der Waals surface area contributed by atoms with Gasteiger partial charge >= 0.3 is 0 Å². The van der Waals surface area contributed by atoms with Crippen LogP contribution in [0.5, 0.6) is 5.75 Å². The van der Waals surface area contributed by atoms with Crippen molar-refractivity contribution < 1.29 is 19.4 Å². The minimum atomic E-state index is -0.624. The number of aliphatic hydroxyl groups is 1. The van der Waals surface area contributed by atoms with E-state index in [-0.39, 0.29) is 12.5 Å². The first-order valence-electron chi connectivity index (χ1n) is 12.6. The molecule has 0 aliphatic rings. The van der Waals surface area contributed by atoms with E-state index in [1.165, 1.54) is 5.56 Å². The van der Waals surface area contributed by atoms with Gasteiger partial charge in [0.25, 0.3) is 0 Å². The van der Waals surface area contributed by atoms with Crippen molar-refractivity contribution in [2.45, 2.75) is 46.8 Å². The third-order valence-corrected chi connectivity index (χ3v) is 6.01. The molecule has 3 N–H and O–H groups in total. The maximum Gasteiger partial charge on any atom is 0.220 e. The molecule has 2 rings (SSSR count). The normalized spacial score (nSPS) is 11.0. The predicted octanol–water partition coefficient (Wildman–Crippen LogP) is 4.29. The molecule has 0 radical (unpaired) electrons. The molecule has 36 heavy (non-hydrogen) atoms. The number of ether oxygens (including phenoxy) is 2. The van der Waals surface area contributed by atoms with Crippen LogP contribution in [0.25, 0.3) is 0 Å². The van der Waals surface area contributed by atoms with Gasteiger partial charge in [0.15, 0.2) is 0 Å². The Labute approximate surface area is 223 Å². The molecule has 0 heterocycles. The summed E-state index contributed by atoms with van der Waals surface area (Å²) in [6.07, 6.45) is -0.195. The van der Waals surface area contributed by atoms with E-state index in [1.807, 2.05) is 56.3 Å². The van der Waals surface area contributed by atoms with E-state index in [1.54, 1.807) is 26.2 Å². The fraction of sp³-hybridized carbons (Fsp3) is 0.536. The van der Waals surface area contributed by atoms with Crippen LogP contribution >= 0.6 is 11.9 Å². The summed E-state index contributed by atoms with van der Waals surface area (Å²) in [4.78, 5) is 11.9. The van der Waals surface area contributed by atoms with E-state index in [9.17, 15) is 9.90 Å². The zero-order chi connectivity index (χ0) is 27.0. The Hall–Kier alpha value is -2.10. The summed E-state index contributed by atoms with van der Waals surface area (Å²) in [5, 5.41) is 16.0. The van der Waals surface area contributed by atoms with Gasteiger partial charge in [0.1, 0.15) is 5.75 Å². The molecule has 0 bridgehead atoms. The van der Waals surface area contributed by atoms with Gasteiger partial charge in [0.05, 0.1) is 19.8 Å². The lowest BCUT2D eigenvalue weighted by Crippen LogP contribution is -2.38. The number of nitrogens with zero attached hydrogens (tertiary/aromatic N) is 1. The Morgan fingerprint density at radius 1 is 1.08 bits per heavy atom. The summed E-state index contributed by atoms with van der Waals surface area (Å²) >= 11 is 1.65. The summed E-state index contributed by atoms with van der Waals surface area (Å²) in [6, 6.07) is 18.0. The Morgan fingerprint density at radius 2 is 1.81 bits per heavy atom. The summed E-state index contributed by atoms with van der Waals surface area (Å²) in [6.45, 7) is 11.9. The lowest BCUT2D eigenvalue weighted by Gasteiger charge is -2.18. The van der Waals surface area contributed by atoms with E-state index in [0.717, 1.165) is 24.4 Å². The number of likely N-dealkylation sites (N-methyl/N-ethyl adjacent to an activating group) is 1. The molecule has 204 valence electrons. The van der Waals surface area contributed by atoms with Crippen molar-refractivity contribution in [2.75, 3.05) is 52.8 Å². The van der Waals surface area contributed by atoms with E-state index in [0.29, 0.717) is 31.9 Å². The number of aliphatic hydroxyl groups excluding tert-OH is 1. The number of carbonyl (C=O) groups is 1. The number of amides is 1. The fourth-order valence-corrected chi connectivity index (χ4v) is 3.79. The second kappa shape index (κ2) is 23.3. The average Bonchev–Trinajstić information content (AvgIpc) is 2.91. The number of aryl methyl sites for hydroxylation is 1. The second-order valence-electron chi connectivity index (χ2n) is 7.69. The van der Waals surface area contributed by atoms with Gasteiger partial charge in [-0.3, -0.25) is 4.79 Å². The summed E-state index contributed by atoms with van der Waals surface area (Å²) in [7, 11) is 3.32. The monoisotopic (exact) mass is 521 g/mol. The Morgan fingerprint density at radius 3 is 2.39 bits per heavy atom. The standard InChI is InChI=1S/C19H33N3O4S.C7H8.C2H6/c1-4-22(9-10-25-2)27-11-8-19(24)21-15-17(23)14-20-13-16-6-5-7-18(12-16)26-3;1-7-5-3-2-4-6-7;1-2/h5-7,12,17,20,23H,4,8-11,13-15H2,1-3H3,(H,21,24);2-6H,1H3;1-2H3. The lowest BCUT2D eigenvalue weighted by atomic mass is 10.2. The molecule has 1 unspecified atom stereocenters. The minimum Gasteiger partial charge on any atom is -0.497 e. The molecule has 0 spiro atoms. The summed E-state index contributed by atoms with van der Waals surface area (Å²) in [5.74, 6) is 1.48. The van der Waals surface area contributed by atoms with Crippen LogP contribution in [0.3, 0.4) is 0 Å². The van der Waals surface area contributed by atoms with Gasteiger partial charge < -0.3 is 25.2 Å². The number of hydrogen-bond acceptors (Lipinski definition) is 7. The Bertz CT molecular complexity index is 780. The van der Waals surface area contributed by atoms with Crippen molar-refractivity contribution >= 4 is 17.9 Å². The molecule has 0 saturated carbocycles. The van der Waals surface area contributed by atoms with Crippen LogP contribution in [0, 0.1) is 6.92 Å². The topological polar surface area (TPSA) is 83.1 Å². The quantitative estimate of drug-likeness (QED) is 0.302. The molecule has 2 aromatic carbocycles. The third-order valence-electron chi connectivity index (χ3n) is 4.82. The molecule has 7 nitrogen and oxygen atoms in total. The van der Waals surface area contributed by atoms with Crippen LogP contribution in [-0.4, -0.2) is 74.2 Å². The maximum absolute atomic E-state index is 11.9. The zero-order valence-corrected chi connectivity index (χ0v) is 23.8. The van der Waals surface area contributed by atoms with Crippen LogP contribution in [0.1, 0.15) is 38.3 Å². The molecule has 0 aliphatic heterocycles. The maximum atomic E-state index is 11.9. The van der Waals surface area contributed by atoms with Gasteiger partial charge in [0.2, 0.25) is 5.91 Å². The highest BCUT2D eigenvalue weighted by Gasteiger charge is 2.09. The number of carbonyl (C=O) groups excluding carboxylic acids is 1. The van der Waals surface area contributed by atoms with Crippen molar-refractivity contribution in [1.29, 1.82) is 0 Å². The van der Waals surface area contributed by atoms with Crippen LogP contribution in [-0.2, 0) is 16.1 Å². The van der Waals surface area contributed by atoms with E-state index >= 15 is 0 Å². The molecule has 0 saturated heterocycles. The van der Waals surface area contributed by atoms with Gasteiger partial charge in [-0.15, -0.1) is 0 Å². The minimum absolute atomic E-state index is 0.0443. The fourth-order valence-electron chi connectivity index (χ4n) is 2.87. The highest BCUT2D eigenvalue weighted by molar-refractivity contribution is 7.97. The number of methoxy groups -OCH3 is 2. The number of rotatable bonds is 15. The molecule has 0 fully saturated rings. The Balaban J connectivity index is 0.00000114. The molecule has 2 aromatic rings. The van der Waals surface area contributed by atoms with Crippen LogP contribution in [0.2, 0.25) is 0 Å². The van der Waals surface area contributed by atoms with Crippen LogP contribution < -0.4 is 15.4 Å².